The highest BCUT2D eigenvalue weighted by atomic mass is 28.1. The summed E-state index contributed by atoms with van der Waals surface area (Å²) in [4.78, 5) is 0. The molecule has 2 nitrogen and oxygen atoms in total. The van der Waals surface area contributed by atoms with E-state index in [4.69, 9.17) is 4.74 Å². The van der Waals surface area contributed by atoms with Crippen LogP contribution in [0.15, 0.2) is 0 Å². The van der Waals surface area contributed by atoms with Gasteiger partial charge in [-0.15, -0.1) is 0 Å². The van der Waals surface area contributed by atoms with Gasteiger partial charge in [0, 0.05) is 6.54 Å². The monoisotopic (exact) mass is 105 g/mol. The molecule has 1 rings (SSSR count). The molecule has 0 aromatic rings. The zero-order chi connectivity index (χ0) is 3.54. The van der Waals surface area contributed by atoms with Crippen molar-refractivity contribution in [1.29, 1.82) is 0 Å². The van der Waals surface area contributed by atoms with Gasteiger partial charge >= 0.3 is 0 Å². The van der Waals surface area contributed by atoms with Crippen LogP contribution in [0, 0.1) is 0 Å². The fraction of sp³-hybridized carbons (Fsp3) is 1.00. The van der Waals surface area contributed by atoms with Gasteiger partial charge in [0.05, 0.1) is 13.3 Å². The standard InChI is InChI=1S/C3H7NO.H4Si/c1-2-5-3-4-1;/h4H,1-3H2;1H4. The molecule has 0 spiro atoms. The second kappa shape index (κ2) is 3.33. The number of ether oxygens (including phenoxy) is 1. The van der Waals surface area contributed by atoms with Gasteiger partial charge < -0.3 is 4.74 Å². The lowest BCUT2D eigenvalue weighted by Gasteiger charge is -1.76. The zero-order valence-electron chi connectivity index (χ0n) is 3.03. The van der Waals surface area contributed by atoms with Crippen LogP contribution in [0.25, 0.3) is 0 Å². The summed E-state index contributed by atoms with van der Waals surface area (Å²) in [6, 6.07) is 0. The molecule has 0 aromatic carbocycles. The van der Waals surface area contributed by atoms with E-state index in [1.807, 2.05) is 0 Å². The fourth-order valence-electron chi connectivity index (χ4n) is 0.361. The van der Waals surface area contributed by atoms with Gasteiger partial charge in [0.1, 0.15) is 0 Å². The van der Waals surface area contributed by atoms with Crippen molar-refractivity contribution in [3.05, 3.63) is 0 Å². The molecule has 0 amide bonds. The molecule has 0 aliphatic carbocycles. The van der Waals surface area contributed by atoms with E-state index < -0.39 is 0 Å². The van der Waals surface area contributed by atoms with Crippen LogP contribution in [0.5, 0.6) is 0 Å². The van der Waals surface area contributed by atoms with Gasteiger partial charge in [0.25, 0.3) is 0 Å². The summed E-state index contributed by atoms with van der Waals surface area (Å²) >= 11 is 0. The minimum Gasteiger partial charge on any atom is -0.365 e. The minimum absolute atomic E-state index is 0. The first-order valence-corrected chi connectivity index (χ1v) is 1.78. The van der Waals surface area contributed by atoms with E-state index in [1.165, 1.54) is 0 Å². The summed E-state index contributed by atoms with van der Waals surface area (Å²) < 4.78 is 4.83. The molecular weight excluding hydrogens is 94.1 g/mol. The molecule has 6 heavy (non-hydrogen) atoms. The van der Waals surface area contributed by atoms with Crippen LogP contribution in [0.1, 0.15) is 0 Å². The first-order chi connectivity index (χ1) is 2.50. The Morgan fingerprint density at radius 1 is 1.50 bits per heavy atom. The summed E-state index contributed by atoms with van der Waals surface area (Å²) in [5.41, 5.74) is 0. The molecule has 38 valence electrons. The Morgan fingerprint density at radius 2 is 2.33 bits per heavy atom. The second-order valence-electron chi connectivity index (χ2n) is 1.05. The fourth-order valence-corrected chi connectivity index (χ4v) is 0.361. The van der Waals surface area contributed by atoms with E-state index in [-0.39, 0.29) is 11.0 Å². The van der Waals surface area contributed by atoms with E-state index in [0.29, 0.717) is 0 Å². The lowest BCUT2D eigenvalue weighted by atomic mass is 10.7. The normalized spacial score (nSPS) is 20.0. The lowest BCUT2D eigenvalue weighted by molar-refractivity contribution is 0.194. The largest absolute Gasteiger partial charge is 0.365 e. The molecule has 0 radical (unpaired) electrons. The van der Waals surface area contributed by atoms with Crippen LogP contribution >= 0.6 is 0 Å². The highest BCUT2D eigenvalue weighted by Gasteiger charge is 1.92. The molecule has 0 bridgehead atoms. The molecule has 1 fully saturated rings. The molecule has 1 saturated heterocycles. The third-order valence-corrected chi connectivity index (χ3v) is 0.627. The predicted octanol–water partition coefficient (Wildman–Crippen LogP) is -1.89. The van der Waals surface area contributed by atoms with Crippen molar-refractivity contribution in [2.75, 3.05) is 19.9 Å². The Labute approximate surface area is 41.9 Å². The first-order valence-electron chi connectivity index (χ1n) is 1.78. The summed E-state index contributed by atoms with van der Waals surface area (Å²) in [5.74, 6) is 0. The smallest absolute Gasteiger partial charge is 0.0966 e. The van der Waals surface area contributed by atoms with Gasteiger partial charge in [0.15, 0.2) is 0 Å². The maximum atomic E-state index is 4.83. The lowest BCUT2D eigenvalue weighted by Crippen LogP contribution is -2.05. The van der Waals surface area contributed by atoms with E-state index in [9.17, 15) is 0 Å². The van der Waals surface area contributed by atoms with Gasteiger partial charge in [-0.1, -0.05) is 0 Å². The van der Waals surface area contributed by atoms with E-state index >= 15 is 0 Å². The van der Waals surface area contributed by atoms with E-state index in [0.717, 1.165) is 19.9 Å². The molecule has 0 atom stereocenters. The maximum Gasteiger partial charge on any atom is 0.0966 e. The van der Waals surface area contributed by atoms with E-state index in [2.05, 4.69) is 5.32 Å². The summed E-state index contributed by atoms with van der Waals surface area (Å²) in [7, 11) is 0. The molecule has 0 aromatic heterocycles. The Hall–Kier alpha value is 0.137. The highest BCUT2D eigenvalue weighted by molar-refractivity contribution is 5.75. The molecule has 1 aliphatic heterocycles. The maximum absolute atomic E-state index is 4.83. The minimum atomic E-state index is 0. The van der Waals surface area contributed by atoms with Gasteiger partial charge in [-0.25, -0.2) is 0 Å². The Morgan fingerprint density at radius 3 is 2.50 bits per heavy atom. The van der Waals surface area contributed by atoms with Crippen LogP contribution in [0.3, 0.4) is 0 Å². The number of hydrogen-bond acceptors (Lipinski definition) is 2. The predicted molar refractivity (Wildman–Crippen MR) is 30.2 cm³/mol. The number of rotatable bonds is 0. The summed E-state index contributed by atoms with van der Waals surface area (Å²) in [6.45, 7) is 2.67. The summed E-state index contributed by atoms with van der Waals surface area (Å²) in [6.07, 6.45) is 0. The van der Waals surface area contributed by atoms with Crippen LogP contribution in [0.4, 0.5) is 0 Å². The molecule has 3 heteroatoms. The van der Waals surface area contributed by atoms with Crippen molar-refractivity contribution < 1.29 is 4.74 Å². The Balaban J connectivity index is 0.000000250. The van der Waals surface area contributed by atoms with Crippen molar-refractivity contribution in [3.8, 4) is 0 Å². The highest BCUT2D eigenvalue weighted by Crippen LogP contribution is 1.75. The average molecular weight is 105 g/mol. The summed E-state index contributed by atoms with van der Waals surface area (Å²) in [5, 5.41) is 3.00. The van der Waals surface area contributed by atoms with Crippen molar-refractivity contribution in [2.24, 2.45) is 0 Å². The van der Waals surface area contributed by atoms with Gasteiger partial charge in [-0.2, -0.15) is 0 Å². The molecule has 1 N–H and O–H groups in total. The SMILES string of the molecule is C1COCN1.[SiH4]. The molecule has 1 aliphatic rings. The van der Waals surface area contributed by atoms with Gasteiger partial charge in [-0.05, 0) is 11.0 Å². The van der Waals surface area contributed by atoms with Crippen LogP contribution in [-0.4, -0.2) is 30.8 Å². The molecular formula is C3H11NOSi. The van der Waals surface area contributed by atoms with Gasteiger partial charge in [-0.3, -0.25) is 5.32 Å². The molecule has 0 saturated carbocycles. The Bertz CT molecular complexity index is 22.4. The van der Waals surface area contributed by atoms with Crippen molar-refractivity contribution in [2.45, 2.75) is 0 Å². The van der Waals surface area contributed by atoms with E-state index in [1.54, 1.807) is 0 Å². The third kappa shape index (κ3) is 1.54. The number of hydrogen-bond donors (Lipinski definition) is 1. The molecule has 0 unspecified atom stereocenters. The molecule has 1 heterocycles. The van der Waals surface area contributed by atoms with Gasteiger partial charge in [0.2, 0.25) is 0 Å². The van der Waals surface area contributed by atoms with Crippen molar-refractivity contribution >= 4 is 11.0 Å². The Kier molecular flexibility index (Phi) is 3.41. The second-order valence-corrected chi connectivity index (χ2v) is 1.05. The third-order valence-electron chi connectivity index (χ3n) is 0.627. The number of nitrogens with one attached hydrogen (secondary N) is 1. The average Bonchev–Trinajstić information content (AvgIpc) is 1.76. The van der Waals surface area contributed by atoms with Crippen molar-refractivity contribution in [1.82, 2.24) is 5.32 Å². The van der Waals surface area contributed by atoms with Crippen LogP contribution in [0.2, 0.25) is 0 Å². The zero-order valence-corrected chi connectivity index (χ0v) is 3.03. The topological polar surface area (TPSA) is 21.3 Å². The first kappa shape index (κ1) is 6.14. The van der Waals surface area contributed by atoms with Crippen molar-refractivity contribution in [3.63, 3.8) is 0 Å². The quantitative estimate of drug-likeness (QED) is 0.364. The van der Waals surface area contributed by atoms with Crippen LogP contribution in [-0.2, 0) is 4.74 Å². The van der Waals surface area contributed by atoms with Crippen LogP contribution < -0.4 is 5.32 Å².